The summed E-state index contributed by atoms with van der Waals surface area (Å²) < 4.78 is 5.83. The summed E-state index contributed by atoms with van der Waals surface area (Å²) in [6, 6.07) is 10.4. The smallest absolute Gasteiger partial charge is 0.222 e. The second kappa shape index (κ2) is 12.8. The van der Waals surface area contributed by atoms with Crippen LogP contribution in [-0.2, 0) is 11.2 Å². The largest absolute Gasteiger partial charge is 0.441 e. The van der Waals surface area contributed by atoms with Gasteiger partial charge in [-0.3, -0.25) is 4.79 Å². The van der Waals surface area contributed by atoms with E-state index in [2.05, 4.69) is 22.1 Å². The molecule has 0 atom stereocenters. The lowest BCUT2D eigenvalue weighted by molar-refractivity contribution is -0.134. The van der Waals surface area contributed by atoms with Gasteiger partial charge >= 0.3 is 0 Å². The molecule has 2 aromatic rings. The number of nitrogens with zero attached hydrogens (tertiary/aromatic N) is 2. The van der Waals surface area contributed by atoms with Crippen molar-refractivity contribution in [3.05, 3.63) is 42.4 Å². The Labute approximate surface area is 180 Å². The summed E-state index contributed by atoms with van der Waals surface area (Å²) in [6.45, 7) is 5.02. The van der Waals surface area contributed by atoms with Crippen molar-refractivity contribution < 1.29 is 9.21 Å². The molecule has 0 aliphatic carbocycles. The quantitative estimate of drug-likeness (QED) is 0.673. The Morgan fingerprint density at radius 1 is 1.21 bits per heavy atom. The van der Waals surface area contributed by atoms with E-state index >= 15 is 0 Å². The maximum absolute atomic E-state index is 12.7. The van der Waals surface area contributed by atoms with E-state index in [9.17, 15) is 4.79 Å². The van der Waals surface area contributed by atoms with E-state index in [-0.39, 0.29) is 30.7 Å². The molecule has 1 saturated heterocycles. The van der Waals surface area contributed by atoms with Gasteiger partial charge in [0.25, 0.3) is 0 Å². The maximum Gasteiger partial charge on any atom is 0.222 e. The molecule has 0 unspecified atom stereocenters. The summed E-state index contributed by atoms with van der Waals surface area (Å²) in [6.07, 6.45) is 6.94. The minimum atomic E-state index is 0. The highest BCUT2D eigenvalue weighted by molar-refractivity contribution is 5.85. The van der Waals surface area contributed by atoms with Crippen molar-refractivity contribution in [1.29, 1.82) is 0 Å². The number of rotatable bonds is 8. The van der Waals surface area contributed by atoms with Crippen LogP contribution in [0, 0.1) is 0 Å². The Morgan fingerprint density at radius 3 is 2.61 bits per heavy atom. The molecule has 7 heteroatoms. The molecule has 0 radical (unpaired) electrons. The molecule has 1 aliphatic rings. The minimum absolute atomic E-state index is 0. The van der Waals surface area contributed by atoms with E-state index in [0.717, 1.165) is 56.6 Å². The zero-order valence-corrected chi connectivity index (χ0v) is 18.1. The number of aromatic nitrogens is 1. The van der Waals surface area contributed by atoms with E-state index in [0.29, 0.717) is 24.8 Å². The normalized spacial score (nSPS) is 14.0. The fraction of sp³-hybridized carbons (Fsp3) is 0.524. The summed E-state index contributed by atoms with van der Waals surface area (Å²) in [5.74, 6) is 1.77. The predicted molar refractivity (Wildman–Crippen MR) is 117 cm³/mol. The number of halogens is 2. The van der Waals surface area contributed by atoms with Crippen molar-refractivity contribution in [1.82, 2.24) is 15.2 Å². The van der Waals surface area contributed by atoms with Crippen LogP contribution in [0.5, 0.6) is 0 Å². The zero-order valence-electron chi connectivity index (χ0n) is 16.4. The summed E-state index contributed by atoms with van der Waals surface area (Å²) in [4.78, 5) is 19.2. The molecular formula is C21H31Cl2N3O2. The van der Waals surface area contributed by atoms with Crippen LogP contribution in [0.3, 0.4) is 0 Å². The second-order valence-electron chi connectivity index (χ2n) is 6.91. The van der Waals surface area contributed by atoms with Gasteiger partial charge in [-0.15, -0.1) is 24.8 Å². The van der Waals surface area contributed by atoms with Crippen LogP contribution < -0.4 is 5.32 Å². The maximum atomic E-state index is 12.7. The average molecular weight is 428 g/mol. The fourth-order valence-corrected chi connectivity index (χ4v) is 3.57. The number of amides is 1. The Bertz CT molecular complexity index is 688. The van der Waals surface area contributed by atoms with Crippen LogP contribution >= 0.6 is 24.8 Å². The molecule has 2 heterocycles. The molecule has 1 aromatic heterocycles. The first-order chi connectivity index (χ1) is 12.8. The van der Waals surface area contributed by atoms with E-state index in [1.54, 1.807) is 6.20 Å². The predicted octanol–water partition coefficient (Wildman–Crippen LogP) is 4.50. The van der Waals surface area contributed by atoms with Crippen molar-refractivity contribution >= 4 is 30.7 Å². The number of oxazole rings is 1. The van der Waals surface area contributed by atoms with Gasteiger partial charge in [-0.25, -0.2) is 4.98 Å². The standard InChI is InChI=1S/C21H29N3O2.2ClH/c1-2-15-24(18-11-13-22-14-12-18)21(25)10-6-9-20-23-16-19(26-20)17-7-4-3-5-8-17;;/h3-5,7-8,16,18,22H,2,6,9-15H2,1H3;2*1H. The van der Waals surface area contributed by atoms with Crippen LogP contribution in [0.2, 0.25) is 0 Å². The third kappa shape index (κ3) is 6.80. The lowest BCUT2D eigenvalue weighted by atomic mass is 10.0. The summed E-state index contributed by atoms with van der Waals surface area (Å²) in [7, 11) is 0. The summed E-state index contributed by atoms with van der Waals surface area (Å²) >= 11 is 0. The SMILES string of the molecule is CCCN(C(=O)CCCc1ncc(-c2ccccc2)o1)C1CCNCC1.Cl.Cl. The number of hydrogen-bond donors (Lipinski definition) is 1. The van der Waals surface area contributed by atoms with Crippen molar-refractivity contribution in [2.24, 2.45) is 0 Å². The topological polar surface area (TPSA) is 58.4 Å². The zero-order chi connectivity index (χ0) is 18.2. The second-order valence-corrected chi connectivity index (χ2v) is 6.91. The number of hydrogen-bond acceptors (Lipinski definition) is 4. The molecule has 1 N–H and O–H groups in total. The van der Waals surface area contributed by atoms with Crippen molar-refractivity contribution in [3.63, 3.8) is 0 Å². The highest BCUT2D eigenvalue weighted by Gasteiger charge is 2.24. The Morgan fingerprint density at radius 2 is 1.93 bits per heavy atom. The molecule has 0 spiro atoms. The van der Waals surface area contributed by atoms with Gasteiger partial charge in [0.05, 0.1) is 6.20 Å². The van der Waals surface area contributed by atoms with Crippen LogP contribution in [0.4, 0.5) is 0 Å². The van der Waals surface area contributed by atoms with Gasteiger partial charge in [0.1, 0.15) is 0 Å². The highest BCUT2D eigenvalue weighted by Crippen LogP contribution is 2.21. The number of benzene rings is 1. The van der Waals surface area contributed by atoms with Crippen LogP contribution in [0.15, 0.2) is 40.9 Å². The molecule has 1 aromatic carbocycles. The third-order valence-electron chi connectivity index (χ3n) is 4.93. The van der Waals surface area contributed by atoms with Gasteiger partial charge in [-0.2, -0.15) is 0 Å². The van der Waals surface area contributed by atoms with Crippen molar-refractivity contribution in [3.8, 4) is 11.3 Å². The third-order valence-corrected chi connectivity index (χ3v) is 4.93. The first-order valence-corrected chi connectivity index (χ1v) is 9.78. The van der Waals surface area contributed by atoms with Gasteiger partial charge in [-0.1, -0.05) is 37.3 Å². The molecule has 5 nitrogen and oxygen atoms in total. The van der Waals surface area contributed by atoms with Crippen LogP contribution in [-0.4, -0.2) is 41.5 Å². The van der Waals surface area contributed by atoms with Gasteiger partial charge in [0.15, 0.2) is 11.7 Å². The van der Waals surface area contributed by atoms with Gasteiger partial charge in [-0.05, 0) is 38.8 Å². The summed E-state index contributed by atoms with van der Waals surface area (Å²) in [5.41, 5.74) is 1.03. The molecule has 28 heavy (non-hydrogen) atoms. The number of nitrogens with one attached hydrogen (secondary N) is 1. The van der Waals surface area contributed by atoms with E-state index in [1.165, 1.54) is 0 Å². The molecule has 1 amide bonds. The monoisotopic (exact) mass is 427 g/mol. The lowest BCUT2D eigenvalue weighted by Gasteiger charge is -2.34. The molecular weight excluding hydrogens is 397 g/mol. The van der Waals surface area contributed by atoms with Crippen LogP contribution in [0.25, 0.3) is 11.3 Å². The van der Waals surface area contributed by atoms with Crippen molar-refractivity contribution in [2.75, 3.05) is 19.6 Å². The number of carbonyl (C=O) groups excluding carboxylic acids is 1. The van der Waals surface area contributed by atoms with Crippen molar-refractivity contribution in [2.45, 2.75) is 51.5 Å². The highest BCUT2D eigenvalue weighted by atomic mass is 35.5. The van der Waals surface area contributed by atoms with Crippen LogP contribution in [0.1, 0.15) is 44.9 Å². The number of carbonyl (C=O) groups is 1. The molecule has 1 fully saturated rings. The van der Waals surface area contributed by atoms with E-state index < -0.39 is 0 Å². The molecule has 0 bridgehead atoms. The Kier molecular flexibility index (Phi) is 11.2. The first kappa shape index (κ1) is 24.5. The van der Waals surface area contributed by atoms with Gasteiger partial charge in [0.2, 0.25) is 5.91 Å². The first-order valence-electron chi connectivity index (χ1n) is 9.78. The molecule has 3 rings (SSSR count). The Hall–Kier alpha value is -1.56. The molecule has 0 saturated carbocycles. The molecule has 1 aliphatic heterocycles. The fourth-order valence-electron chi connectivity index (χ4n) is 3.57. The minimum Gasteiger partial charge on any atom is -0.441 e. The van der Waals surface area contributed by atoms with Gasteiger partial charge < -0.3 is 14.6 Å². The van der Waals surface area contributed by atoms with Gasteiger partial charge in [0, 0.05) is 31.0 Å². The number of aryl methyl sites for hydroxylation is 1. The molecule has 156 valence electrons. The lowest BCUT2D eigenvalue weighted by Crippen LogP contribution is -2.46. The number of piperidine rings is 1. The van der Waals surface area contributed by atoms with E-state index in [4.69, 9.17) is 4.42 Å². The van der Waals surface area contributed by atoms with E-state index in [1.807, 2.05) is 30.3 Å². The summed E-state index contributed by atoms with van der Waals surface area (Å²) in [5, 5.41) is 3.37. The Balaban J connectivity index is 0.00000196. The average Bonchev–Trinajstić information content (AvgIpc) is 3.16.